The van der Waals surface area contributed by atoms with Crippen molar-refractivity contribution in [3.63, 3.8) is 0 Å². The number of Topliss-reactive ketones (excluding diaryl/α,β-unsaturated/α-hetero) is 1. The van der Waals surface area contributed by atoms with Crippen LogP contribution in [0, 0.1) is 0 Å². The first-order valence-corrected chi connectivity index (χ1v) is 5.52. The van der Waals surface area contributed by atoms with Crippen LogP contribution >= 0.6 is 11.8 Å². The normalized spacial score (nSPS) is 21.9. The summed E-state index contributed by atoms with van der Waals surface area (Å²) in [5, 5.41) is 0. The molecule has 0 saturated carbocycles. The molecule has 74 valence electrons. The highest BCUT2D eigenvalue weighted by Crippen LogP contribution is 2.15. The highest BCUT2D eigenvalue weighted by atomic mass is 32.2. The fourth-order valence-electron chi connectivity index (χ4n) is 1.25. The number of ether oxygens (including phenoxy) is 1. The zero-order chi connectivity index (χ0) is 9.80. The quantitative estimate of drug-likeness (QED) is 0.675. The zero-order valence-electron chi connectivity index (χ0n) is 7.55. The van der Waals surface area contributed by atoms with Crippen LogP contribution in [0.4, 0.5) is 0 Å². The van der Waals surface area contributed by atoms with Crippen molar-refractivity contribution in [3.05, 3.63) is 24.3 Å². The Labute approximate surface area is 86.1 Å². The van der Waals surface area contributed by atoms with Crippen molar-refractivity contribution in [3.8, 4) is 0 Å². The fraction of sp³-hybridized carbons (Fsp3) is 0.444. The molecule has 4 nitrogen and oxygen atoms in total. The van der Waals surface area contributed by atoms with Crippen LogP contribution < -0.4 is 0 Å². The number of ketones is 1. The monoisotopic (exact) mass is 210 g/mol. The summed E-state index contributed by atoms with van der Waals surface area (Å²) in [6.07, 6.45) is 4.14. The van der Waals surface area contributed by atoms with Crippen LogP contribution in [-0.4, -0.2) is 40.0 Å². The molecule has 0 spiro atoms. The zero-order valence-corrected chi connectivity index (χ0v) is 8.37. The molecule has 1 unspecified atom stereocenters. The lowest BCUT2D eigenvalue weighted by molar-refractivity contribution is 0.0518. The van der Waals surface area contributed by atoms with E-state index in [1.54, 1.807) is 11.8 Å². The topological polar surface area (TPSA) is 52.1 Å². The van der Waals surface area contributed by atoms with Gasteiger partial charge < -0.3 is 4.74 Å². The van der Waals surface area contributed by atoms with Crippen molar-refractivity contribution >= 4 is 17.5 Å². The van der Waals surface area contributed by atoms with Crippen LogP contribution in [0.1, 0.15) is 10.4 Å². The van der Waals surface area contributed by atoms with Crippen molar-refractivity contribution in [2.75, 3.05) is 18.1 Å². The highest BCUT2D eigenvalue weighted by molar-refractivity contribution is 7.99. The SMILES string of the molecule is O=C(c1cncnc1)C1CSCCO1. The van der Waals surface area contributed by atoms with E-state index in [9.17, 15) is 4.79 Å². The Kier molecular flexibility index (Phi) is 3.10. The predicted molar refractivity (Wildman–Crippen MR) is 53.4 cm³/mol. The summed E-state index contributed by atoms with van der Waals surface area (Å²) in [5.41, 5.74) is 0.528. The van der Waals surface area contributed by atoms with Gasteiger partial charge in [-0.3, -0.25) is 4.79 Å². The van der Waals surface area contributed by atoms with Gasteiger partial charge in [0.1, 0.15) is 12.4 Å². The van der Waals surface area contributed by atoms with Gasteiger partial charge >= 0.3 is 0 Å². The van der Waals surface area contributed by atoms with Crippen molar-refractivity contribution < 1.29 is 9.53 Å². The maximum absolute atomic E-state index is 11.8. The molecule has 1 aliphatic heterocycles. The maximum atomic E-state index is 11.8. The van der Waals surface area contributed by atoms with E-state index < -0.39 is 0 Å². The Hall–Kier alpha value is -0.940. The Balaban J connectivity index is 2.07. The number of nitrogens with zero attached hydrogens (tertiary/aromatic N) is 2. The Bertz CT molecular complexity index is 312. The van der Waals surface area contributed by atoms with Gasteiger partial charge in [-0.25, -0.2) is 9.97 Å². The first-order chi connectivity index (χ1) is 6.88. The summed E-state index contributed by atoms with van der Waals surface area (Å²) in [6, 6.07) is 0. The third kappa shape index (κ3) is 2.10. The van der Waals surface area contributed by atoms with Gasteiger partial charge in [0.15, 0.2) is 5.78 Å². The molecule has 0 aliphatic carbocycles. The standard InChI is InChI=1S/C9H10N2O2S/c12-9(7-3-10-6-11-4-7)8-5-14-2-1-13-8/h3-4,6,8H,1-2,5H2. The average molecular weight is 210 g/mol. The van der Waals surface area contributed by atoms with Crippen LogP contribution in [-0.2, 0) is 4.74 Å². The van der Waals surface area contributed by atoms with Gasteiger partial charge in [-0.15, -0.1) is 0 Å². The van der Waals surface area contributed by atoms with Gasteiger partial charge in [-0.1, -0.05) is 0 Å². The molecule has 1 aromatic rings. The van der Waals surface area contributed by atoms with Crippen molar-refractivity contribution in [2.45, 2.75) is 6.10 Å². The van der Waals surface area contributed by atoms with E-state index in [4.69, 9.17) is 4.74 Å². The lowest BCUT2D eigenvalue weighted by atomic mass is 10.1. The molecule has 2 heterocycles. The Morgan fingerprint density at radius 3 is 2.93 bits per heavy atom. The van der Waals surface area contributed by atoms with Crippen LogP contribution in [0.15, 0.2) is 18.7 Å². The van der Waals surface area contributed by atoms with Gasteiger partial charge in [0.25, 0.3) is 0 Å². The Morgan fingerprint density at radius 2 is 2.29 bits per heavy atom. The minimum absolute atomic E-state index is 0.0159. The van der Waals surface area contributed by atoms with E-state index in [1.807, 2.05) is 0 Å². The molecular weight excluding hydrogens is 200 g/mol. The highest BCUT2D eigenvalue weighted by Gasteiger charge is 2.23. The fourth-order valence-corrected chi connectivity index (χ4v) is 2.09. The first-order valence-electron chi connectivity index (χ1n) is 4.36. The van der Waals surface area contributed by atoms with E-state index >= 15 is 0 Å². The summed E-state index contributed by atoms with van der Waals surface area (Å²) in [7, 11) is 0. The molecule has 1 fully saturated rings. The maximum Gasteiger partial charge on any atom is 0.195 e. The number of thioether (sulfide) groups is 1. The Morgan fingerprint density at radius 1 is 1.50 bits per heavy atom. The van der Waals surface area contributed by atoms with E-state index in [0.29, 0.717) is 12.2 Å². The molecule has 0 amide bonds. The predicted octanol–water partition coefficient (Wildman–Crippen LogP) is 0.791. The summed E-state index contributed by atoms with van der Waals surface area (Å²) in [6.45, 7) is 0.648. The second-order valence-corrected chi connectivity index (χ2v) is 4.08. The molecule has 14 heavy (non-hydrogen) atoms. The molecule has 1 aromatic heterocycles. The average Bonchev–Trinajstić information content (AvgIpc) is 2.30. The summed E-state index contributed by atoms with van der Waals surface area (Å²) in [4.78, 5) is 19.4. The van der Waals surface area contributed by atoms with Gasteiger partial charge in [-0.05, 0) is 0 Å². The number of carbonyl (C=O) groups excluding carboxylic acids is 1. The number of aromatic nitrogens is 2. The summed E-state index contributed by atoms with van der Waals surface area (Å²) in [5.74, 6) is 1.68. The first kappa shape index (κ1) is 9.61. The van der Waals surface area contributed by atoms with Gasteiger partial charge in [0, 0.05) is 23.9 Å². The molecule has 0 bridgehead atoms. The molecule has 2 rings (SSSR count). The second kappa shape index (κ2) is 4.52. The van der Waals surface area contributed by atoms with Crippen LogP contribution in [0.3, 0.4) is 0 Å². The van der Waals surface area contributed by atoms with Crippen LogP contribution in [0.25, 0.3) is 0 Å². The van der Waals surface area contributed by atoms with Crippen LogP contribution in [0.5, 0.6) is 0 Å². The van der Waals surface area contributed by atoms with E-state index in [1.165, 1.54) is 18.7 Å². The minimum atomic E-state index is -0.320. The number of hydrogen-bond acceptors (Lipinski definition) is 5. The smallest absolute Gasteiger partial charge is 0.195 e. The van der Waals surface area contributed by atoms with Gasteiger partial charge in [-0.2, -0.15) is 11.8 Å². The lowest BCUT2D eigenvalue weighted by Gasteiger charge is -2.20. The third-order valence-electron chi connectivity index (χ3n) is 1.95. The largest absolute Gasteiger partial charge is 0.368 e. The van der Waals surface area contributed by atoms with E-state index in [-0.39, 0.29) is 11.9 Å². The van der Waals surface area contributed by atoms with Crippen molar-refractivity contribution in [2.24, 2.45) is 0 Å². The minimum Gasteiger partial charge on any atom is -0.368 e. The summed E-state index contributed by atoms with van der Waals surface area (Å²) < 4.78 is 5.37. The summed E-state index contributed by atoms with van der Waals surface area (Å²) >= 11 is 1.74. The molecule has 0 radical (unpaired) electrons. The molecule has 1 saturated heterocycles. The molecule has 1 atom stereocenters. The number of hydrogen-bond donors (Lipinski definition) is 0. The van der Waals surface area contributed by atoms with Crippen LogP contribution in [0.2, 0.25) is 0 Å². The molecular formula is C9H10N2O2S. The van der Waals surface area contributed by atoms with Crippen molar-refractivity contribution in [1.29, 1.82) is 0 Å². The molecule has 1 aliphatic rings. The second-order valence-electron chi connectivity index (χ2n) is 2.93. The molecule has 0 N–H and O–H groups in total. The van der Waals surface area contributed by atoms with Gasteiger partial charge in [0.05, 0.1) is 12.2 Å². The van der Waals surface area contributed by atoms with Crippen molar-refractivity contribution in [1.82, 2.24) is 9.97 Å². The number of carbonyl (C=O) groups is 1. The number of rotatable bonds is 2. The lowest BCUT2D eigenvalue weighted by Crippen LogP contribution is -2.31. The molecule has 5 heteroatoms. The molecule has 0 aromatic carbocycles. The van der Waals surface area contributed by atoms with E-state index in [0.717, 1.165) is 11.5 Å². The van der Waals surface area contributed by atoms with E-state index in [2.05, 4.69) is 9.97 Å². The van der Waals surface area contributed by atoms with Gasteiger partial charge in [0.2, 0.25) is 0 Å². The third-order valence-corrected chi connectivity index (χ3v) is 2.95.